The number of aromatic carboxylic acids is 1. The Kier molecular flexibility index (Phi) is 7.00. The molecule has 3 aromatic rings. The van der Waals surface area contributed by atoms with Gasteiger partial charge in [-0.2, -0.15) is 0 Å². The molecule has 2 aromatic carbocycles. The number of benzene rings is 2. The molecule has 11 heteroatoms. The van der Waals surface area contributed by atoms with Crippen LogP contribution in [0.2, 0.25) is 0 Å². The Bertz CT molecular complexity index is 1320. The maximum absolute atomic E-state index is 13.8. The zero-order valence-electron chi connectivity index (χ0n) is 20.2. The number of carboxylic acids is 1. The summed E-state index contributed by atoms with van der Waals surface area (Å²) in [5, 5.41) is 13.6. The van der Waals surface area contributed by atoms with Crippen molar-refractivity contribution in [2.75, 3.05) is 10.8 Å². The third-order valence-electron chi connectivity index (χ3n) is 6.29. The van der Waals surface area contributed by atoms with Crippen molar-refractivity contribution in [1.29, 1.82) is 0 Å². The molecule has 36 heavy (non-hydrogen) atoms. The molecule has 0 saturated heterocycles. The van der Waals surface area contributed by atoms with E-state index in [9.17, 15) is 27.4 Å². The Hall–Kier alpha value is -3.15. The molecule has 1 aliphatic rings. The highest BCUT2D eigenvalue weighted by Crippen LogP contribution is 2.38. The number of carbonyl (C=O) groups is 1. The zero-order valence-corrected chi connectivity index (χ0v) is 21.1. The van der Waals surface area contributed by atoms with Gasteiger partial charge in [-0.1, -0.05) is 32.0 Å². The van der Waals surface area contributed by atoms with Crippen molar-refractivity contribution in [2.24, 2.45) is 0 Å². The lowest BCUT2D eigenvalue weighted by Gasteiger charge is -2.35. The summed E-state index contributed by atoms with van der Waals surface area (Å²) in [5.41, 5.74) is 1.46. The number of fused-ring (bicyclic) bond motifs is 1. The summed E-state index contributed by atoms with van der Waals surface area (Å²) < 4.78 is 58.2. The maximum Gasteiger partial charge on any atom is 0.343 e. The van der Waals surface area contributed by atoms with E-state index in [2.05, 4.69) is 5.16 Å². The van der Waals surface area contributed by atoms with Gasteiger partial charge in [0.1, 0.15) is 17.2 Å². The quantitative estimate of drug-likeness (QED) is 0.457. The summed E-state index contributed by atoms with van der Waals surface area (Å²) in [5.74, 6) is -2.94. The van der Waals surface area contributed by atoms with E-state index in [4.69, 9.17) is 4.52 Å². The molecule has 1 N–H and O–H groups in total. The van der Waals surface area contributed by atoms with Crippen molar-refractivity contribution in [3.05, 3.63) is 76.0 Å². The van der Waals surface area contributed by atoms with Crippen LogP contribution < -0.4 is 4.31 Å². The number of nitrogens with zero attached hydrogens (tertiary/aromatic N) is 3. The first-order chi connectivity index (χ1) is 16.9. The summed E-state index contributed by atoms with van der Waals surface area (Å²) in [6.45, 7) is 8.11. The van der Waals surface area contributed by atoms with Gasteiger partial charge < -0.3 is 14.2 Å². The van der Waals surface area contributed by atoms with Crippen molar-refractivity contribution in [2.45, 2.75) is 52.1 Å². The minimum Gasteiger partial charge on any atom is -0.755 e. The minimum atomic E-state index is -2.90. The summed E-state index contributed by atoms with van der Waals surface area (Å²) in [6.07, 6.45) is 0.650. The van der Waals surface area contributed by atoms with Crippen LogP contribution in [0.15, 0.2) is 40.9 Å². The summed E-state index contributed by atoms with van der Waals surface area (Å²) in [4.78, 5) is 14.1. The molecular weight excluding hydrogens is 492 g/mol. The van der Waals surface area contributed by atoms with Gasteiger partial charge in [0, 0.05) is 30.6 Å². The lowest BCUT2D eigenvalue weighted by molar-refractivity contribution is 0.0693. The Morgan fingerprint density at radius 1 is 1.19 bits per heavy atom. The smallest absolute Gasteiger partial charge is 0.343 e. The van der Waals surface area contributed by atoms with Gasteiger partial charge in [-0.3, -0.25) is 13.4 Å². The average molecular weight is 519 g/mol. The average Bonchev–Trinajstić information content (AvgIpc) is 3.23. The van der Waals surface area contributed by atoms with Crippen molar-refractivity contribution in [3.63, 3.8) is 0 Å². The van der Waals surface area contributed by atoms with E-state index in [1.165, 1.54) is 12.1 Å². The fourth-order valence-corrected chi connectivity index (χ4v) is 5.00. The second-order valence-electron chi connectivity index (χ2n) is 9.83. The molecule has 0 bridgehead atoms. The van der Waals surface area contributed by atoms with Gasteiger partial charge in [-0.05, 0) is 54.3 Å². The van der Waals surface area contributed by atoms with E-state index in [0.29, 0.717) is 25.1 Å². The lowest BCUT2D eigenvalue weighted by atomic mass is 9.90. The SMILES string of the molecule is CC(c1cc(F)cc(F)c1)N1CCc2ccc(N(c3noc(C(C)(C)C)c3C(=O)O)S(=O)[O-])cc2C1. The third-order valence-corrected chi connectivity index (χ3v) is 6.97. The number of aromatic nitrogens is 1. The summed E-state index contributed by atoms with van der Waals surface area (Å²) >= 11 is -2.90. The van der Waals surface area contributed by atoms with Crippen molar-refractivity contribution < 1.29 is 32.0 Å². The van der Waals surface area contributed by atoms with Crippen LogP contribution in [-0.2, 0) is 29.6 Å². The van der Waals surface area contributed by atoms with Gasteiger partial charge in [-0.25, -0.2) is 13.6 Å². The second kappa shape index (κ2) is 9.72. The summed E-state index contributed by atoms with van der Waals surface area (Å²) in [7, 11) is 0. The van der Waals surface area contributed by atoms with Gasteiger partial charge >= 0.3 is 5.97 Å². The van der Waals surface area contributed by atoms with Crippen LogP contribution in [0.1, 0.15) is 66.5 Å². The number of carboxylic acid groups (broad SMARTS) is 1. The highest BCUT2D eigenvalue weighted by molar-refractivity contribution is 7.81. The van der Waals surface area contributed by atoms with Gasteiger partial charge in [0.25, 0.3) is 0 Å². The fraction of sp³-hybridized carbons (Fsp3) is 0.360. The first-order valence-corrected chi connectivity index (χ1v) is 12.3. The number of anilines is 2. The predicted octanol–water partition coefficient (Wildman–Crippen LogP) is 5.00. The lowest BCUT2D eigenvalue weighted by Crippen LogP contribution is -2.33. The largest absolute Gasteiger partial charge is 0.755 e. The molecule has 8 nitrogen and oxygen atoms in total. The number of halogens is 2. The normalized spacial score (nSPS) is 15.9. The molecule has 1 aliphatic heterocycles. The molecule has 1 aromatic heterocycles. The van der Waals surface area contributed by atoms with Crippen molar-refractivity contribution in [1.82, 2.24) is 10.1 Å². The van der Waals surface area contributed by atoms with E-state index in [0.717, 1.165) is 21.5 Å². The molecule has 0 amide bonds. The topological polar surface area (TPSA) is 110 Å². The van der Waals surface area contributed by atoms with Crippen LogP contribution in [0.25, 0.3) is 0 Å². The minimum absolute atomic E-state index is 0.0562. The van der Waals surface area contributed by atoms with Crippen LogP contribution >= 0.6 is 0 Å². The van der Waals surface area contributed by atoms with Crippen LogP contribution in [0.3, 0.4) is 0 Å². The van der Waals surface area contributed by atoms with Gasteiger partial charge in [0.15, 0.2) is 5.76 Å². The molecular formula is C25H26F2N3O5S-. The number of hydrogen-bond acceptors (Lipinski definition) is 6. The maximum atomic E-state index is 13.8. The number of hydrogen-bond donors (Lipinski definition) is 1. The number of rotatable bonds is 6. The van der Waals surface area contributed by atoms with Gasteiger partial charge in [-0.15, -0.1) is 0 Å². The van der Waals surface area contributed by atoms with Gasteiger partial charge in [0.2, 0.25) is 5.82 Å². The predicted molar refractivity (Wildman–Crippen MR) is 129 cm³/mol. The fourth-order valence-electron chi connectivity index (χ4n) is 4.45. The molecule has 0 saturated carbocycles. The van der Waals surface area contributed by atoms with E-state index < -0.39 is 34.3 Å². The molecule has 192 valence electrons. The molecule has 0 fully saturated rings. The monoisotopic (exact) mass is 518 g/mol. The Labute approximate surface area is 209 Å². The molecule has 0 spiro atoms. The molecule has 0 aliphatic carbocycles. The molecule has 2 unspecified atom stereocenters. The molecule has 2 heterocycles. The third kappa shape index (κ3) is 5.04. The molecule has 4 rings (SSSR count). The zero-order chi connectivity index (χ0) is 26.4. The van der Waals surface area contributed by atoms with Crippen LogP contribution in [0.4, 0.5) is 20.3 Å². The first kappa shape index (κ1) is 25.9. The highest BCUT2D eigenvalue weighted by Gasteiger charge is 2.34. The Morgan fingerprint density at radius 2 is 1.86 bits per heavy atom. The van der Waals surface area contributed by atoms with E-state index in [1.54, 1.807) is 39.0 Å². The van der Waals surface area contributed by atoms with Crippen LogP contribution in [0.5, 0.6) is 0 Å². The van der Waals surface area contributed by atoms with E-state index in [-0.39, 0.29) is 28.9 Å². The molecule has 0 radical (unpaired) electrons. The Balaban J connectivity index is 1.70. The highest BCUT2D eigenvalue weighted by atomic mass is 32.2. The Morgan fingerprint density at radius 3 is 2.44 bits per heavy atom. The van der Waals surface area contributed by atoms with Crippen LogP contribution in [-0.4, -0.2) is 36.4 Å². The van der Waals surface area contributed by atoms with Crippen molar-refractivity contribution in [3.8, 4) is 0 Å². The van der Waals surface area contributed by atoms with Crippen molar-refractivity contribution >= 4 is 28.7 Å². The van der Waals surface area contributed by atoms with E-state index >= 15 is 0 Å². The van der Waals surface area contributed by atoms with Gasteiger partial charge in [0.05, 0.1) is 17.0 Å². The first-order valence-electron chi connectivity index (χ1n) is 11.3. The van der Waals surface area contributed by atoms with E-state index in [1.807, 2.05) is 11.8 Å². The molecule has 2 atom stereocenters. The van der Waals surface area contributed by atoms with Crippen LogP contribution in [0, 0.1) is 11.6 Å². The second-order valence-corrected chi connectivity index (χ2v) is 10.6. The summed E-state index contributed by atoms with van der Waals surface area (Å²) in [6, 6.07) is 8.17. The standard InChI is InChI=1S/C25H27F2N3O5S/c1-14(16-9-18(26)12-19(27)10-16)29-8-7-15-5-6-20(11-17(15)13-29)30(36(33)34)23-21(24(31)32)22(35-28-23)25(2,3)4/h5-6,9-12,14H,7-8,13H2,1-4H3,(H,31,32)(H,33,34)/p-1.